The molecule has 0 radical (unpaired) electrons. The molecule has 1 atom stereocenters. The number of para-hydroxylation sites is 1. The van der Waals surface area contributed by atoms with E-state index in [-0.39, 0.29) is 5.56 Å². The van der Waals surface area contributed by atoms with Crippen LogP contribution in [-0.2, 0) is 0 Å². The van der Waals surface area contributed by atoms with Gasteiger partial charge in [0.25, 0.3) is 0 Å². The molecule has 0 aliphatic rings. The predicted molar refractivity (Wildman–Crippen MR) is 61.3 cm³/mol. The largest absolute Gasteiger partial charge is 0.496 e. The maximum atomic E-state index is 13.5. The normalized spacial score (nSPS) is 12.2. The van der Waals surface area contributed by atoms with Crippen molar-refractivity contribution in [2.24, 2.45) is 0 Å². The van der Waals surface area contributed by atoms with Crippen LogP contribution in [0, 0.1) is 5.82 Å². The molecule has 0 spiro atoms. The summed E-state index contributed by atoms with van der Waals surface area (Å²) < 4.78 is 18.6. The van der Waals surface area contributed by atoms with Crippen LogP contribution in [0.25, 0.3) is 0 Å². The number of rotatable bonds is 3. The third kappa shape index (κ3) is 2.26. The number of pyridine rings is 1. The van der Waals surface area contributed by atoms with E-state index in [2.05, 4.69) is 4.98 Å². The topological polar surface area (TPSA) is 42.4 Å². The van der Waals surface area contributed by atoms with Crippen molar-refractivity contribution < 1.29 is 14.2 Å². The monoisotopic (exact) mass is 233 g/mol. The number of hydrogen-bond donors (Lipinski definition) is 1. The molecule has 0 fully saturated rings. The van der Waals surface area contributed by atoms with E-state index in [0.717, 1.165) is 6.20 Å². The maximum absolute atomic E-state index is 13.5. The van der Waals surface area contributed by atoms with Crippen LogP contribution < -0.4 is 4.74 Å². The van der Waals surface area contributed by atoms with Crippen molar-refractivity contribution >= 4 is 0 Å². The molecule has 1 N–H and O–H groups in total. The molecule has 0 aliphatic carbocycles. The van der Waals surface area contributed by atoms with E-state index in [1.54, 1.807) is 24.3 Å². The summed E-state index contributed by atoms with van der Waals surface area (Å²) in [5, 5.41) is 10.1. The van der Waals surface area contributed by atoms with Crippen LogP contribution in [0.2, 0.25) is 0 Å². The van der Waals surface area contributed by atoms with Crippen LogP contribution in [0.1, 0.15) is 17.2 Å². The van der Waals surface area contributed by atoms with Crippen molar-refractivity contribution in [3.63, 3.8) is 0 Å². The Labute approximate surface area is 98.5 Å². The maximum Gasteiger partial charge on any atom is 0.147 e. The molecule has 1 aromatic heterocycles. The Morgan fingerprint density at radius 2 is 2.00 bits per heavy atom. The molecule has 3 nitrogen and oxygen atoms in total. The minimum absolute atomic E-state index is 0.185. The van der Waals surface area contributed by atoms with Crippen LogP contribution in [0.5, 0.6) is 5.75 Å². The quantitative estimate of drug-likeness (QED) is 0.884. The molecule has 1 heterocycles. The first-order chi connectivity index (χ1) is 8.24. The number of hydrogen-bond acceptors (Lipinski definition) is 3. The van der Waals surface area contributed by atoms with Gasteiger partial charge in [-0.2, -0.15) is 0 Å². The Balaban J connectivity index is 2.44. The van der Waals surface area contributed by atoms with Crippen molar-refractivity contribution in [1.29, 1.82) is 0 Å². The number of aliphatic hydroxyl groups is 1. The minimum Gasteiger partial charge on any atom is -0.496 e. The second-order valence-corrected chi connectivity index (χ2v) is 3.54. The SMILES string of the molecule is COc1ccccc1C(O)c1ccncc1F. The Bertz CT molecular complexity index is 516. The van der Waals surface area contributed by atoms with Crippen molar-refractivity contribution in [2.45, 2.75) is 6.10 Å². The average Bonchev–Trinajstić information content (AvgIpc) is 2.38. The Hall–Kier alpha value is -1.94. The number of nitrogens with zero attached hydrogens (tertiary/aromatic N) is 1. The summed E-state index contributed by atoms with van der Waals surface area (Å²) in [5.74, 6) is -0.0119. The molecule has 17 heavy (non-hydrogen) atoms. The second-order valence-electron chi connectivity index (χ2n) is 3.54. The summed E-state index contributed by atoms with van der Waals surface area (Å²) in [6.07, 6.45) is 1.46. The number of aromatic nitrogens is 1. The third-order valence-electron chi connectivity index (χ3n) is 2.53. The Morgan fingerprint density at radius 3 is 2.71 bits per heavy atom. The number of aliphatic hydroxyl groups excluding tert-OH is 1. The van der Waals surface area contributed by atoms with Gasteiger partial charge in [0.15, 0.2) is 0 Å². The van der Waals surface area contributed by atoms with Crippen molar-refractivity contribution in [2.75, 3.05) is 7.11 Å². The molecule has 0 saturated carbocycles. The van der Waals surface area contributed by atoms with Crippen LogP contribution >= 0.6 is 0 Å². The molecular weight excluding hydrogens is 221 g/mol. The van der Waals surface area contributed by atoms with E-state index >= 15 is 0 Å². The lowest BCUT2D eigenvalue weighted by Gasteiger charge is -2.15. The number of benzene rings is 1. The fourth-order valence-electron chi connectivity index (χ4n) is 1.67. The lowest BCUT2D eigenvalue weighted by molar-refractivity contribution is 0.209. The van der Waals surface area contributed by atoms with Gasteiger partial charge in [-0.3, -0.25) is 4.98 Å². The zero-order chi connectivity index (χ0) is 12.3. The smallest absolute Gasteiger partial charge is 0.147 e. The Morgan fingerprint density at radius 1 is 1.24 bits per heavy atom. The van der Waals surface area contributed by atoms with Gasteiger partial charge in [0, 0.05) is 17.3 Å². The van der Waals surface area contributed by atoms with Gasteiger partial charge in [-0.25, -0.2) is 4.39 Å². The zero-order valence-electron chi connectivity index (χ0n) is 9.30. The second kappa shape index (κ2) is 4.93. The summed E-state index contributed by atoms with van der Waals surface area (Å²) in [6, 6.07) is 8.42. The van der Waals surface area contributed by atoms with Gasteiger partial charge in [-0.1, -0.05) is 18.2 Å². The van der Waals surface area contributed by atoms with Crippen LogP contribution in [-0.4, -0.2) is 17.2 Å². The highest BCUT2D eigenvalue weighted by atomic mass is 19.1. The lowest BCUT2D eigenvalue weighted by atomic mass is 10.0. The fraction of sp³-hybridized carbons (Fsp3) is 0.154. The van der Waals surface area contributed by atoms with E-state index in [1.165, 1.54) is 19.4 Å². The molecule has 88 valence electrons. The minimum atomic E-state index is -1.06. The standard InChI is InChI=1S/C13H12FNO2/c1-17-12-5-3-2-4-10(12)13(16)9-6-7-15-8-11(9)14/h2-8,13,16H,1H3. The molecule has 2 aromatic rings. The molecule has 0 saturated heterocycles. The van der Waals surface area contributed by atoms with E-state index in [0.29, 0.717) is 11.3 Å². The van der Waals surface area contributed by atoms with E-state index < -0.39 is 11.9 Å². The Kier molecular flexibility index (Phi) is 3.35. The molecule has 1 aromatic carbocycles. The molecule has 0 amide bonds. The molecule has 4 heteroatoms. The van der Waals surface area contributed by atoms with Crippen molar-refractivity contribution in [3.8, 4) is 5.75 Å². The first kappa shape index (κ1) is 11.5. The van der Waals surface area contributed by atoms with Gasteiger partial charge in [0.05, 0.1) is 13.3 Å². The molecular formula is C13H12FNO2. The van der Waals surface area contributed by atoms with E-state index in [9.17, 15) is 9.50 Å². The van der Waals surface area contributed by atoms with Crippen molar-refractivity contribution in [3.05, 3.63) is 59.7 Å². The number of methoxy groups -OCH3 is 1. The molecule has 1 unspecified atom stereocenters. The van der Waals surface area contributed by atoms with Gasteiger partial charge >= 0.3 is 0 Å². The highest BCUT2D eigenvalue weighted by Gasteiger charge is 2.18. The van der Waals surface area contributed by atoms with E-state index in [4.69, 9.17) is 4.74 Å². The first-order valence-electron chi connectivity index (χ1n) is 5.14. The molecule has 0 bridgehead atoms. The molecule has 0 aliphatic heterocycles. The summed E-state index contributed by atoms with van der Waals surface area (Å²) >= 11 is 0. The highest BCUT2D eigenvalue weighted by Crippen LogP contribution is 2.30. The summed E-state index contributed by atoms with van der Waals surface area (Å²) in [7, 11) is 1.51. The van der Waals surface area contributed by atoms with Crippen LogP contribution in [0.4, 0.5) is 4.39 Å². The van der Waals surface area contributed by atoms with Gasteiger partial charge in [0.1, 0.15) is 17.7 Å². The van der Waals surface area contributed by atoms with Gasteiger partial charge in [-0.05, 0) is 12.1 Å². The first-order valence-corrected chi connectivity index (χ1v) is 5.14. The fourth-order valence-corrected chi connectivity index (χ4v) is 1.67. The summed E-state index contributed by atoms with van der Waals surface area (Å²) in [6.45, 7) is 0. The lowest BCUT2D eigenvalue weighted by Crippen LogP contribution is -2.04. The van der Waals surface area contributed by atoms with Crippen molar-refractivity contribution in [1.82, 2.24) is 4.98 Å². The number of halogens is 1. The number of ether oxygens (including phenoxy) is 1. The van der Waals surface area contributed by atoms with Crippen LogP contribution in [0.3, 0.4) is 0 Å². The predicted octanol–water partition coefficient (Wildman–Crippen LogP) is 2.31. The third-order valence-corrected chi connectivity index (χ3v) is 2.53. The summed E-state index contributed by atoms with van der Waals surface area (Å²) in [4.78, 5) is 3.65. The summed E-state index contributed by atoms with van der Waals surface area (Å²) in [5.41, 5.74) is 0.713. The highest BCUT2D eigenvalue weighted by molar-refractivity contribution is 5.40. The van der Waals surface area contributed by atoms with Gasteiger partial charge < -0.3 is 9.84 Å². The molecule has 2 rings (SSSR count). The van der Waals surface area contributed by atoms with Gasteiger partial charge in [-0.15, -0.1) is 0 Å². The van der Waals surface area contributed by atoms with Crippen LogP contribution in [0.15, 0.2) is 42.7 Å². The average molecular weight is 233 g/mol. The van der Waals surface area contributed by atoms with Gasteiger partial charge in [0.2, 0.25) is 0 Å². The van der Waals surface area contributed by atoms with E-state index in [1.807, 2.05) is 0 Å². The zero-order valence-corrected chi connectivity index (χ0v) is 9.30.